The van der Waals surface area contributed by atoms with E-state index in [1.165, 1.54) is 0 Å². The topological polar surface area (TPSA) is 64.4 Å². The molecule has 1 aliphatic heterocycles. The van der Waals surface area contributed by atoms with Crippen LogP contribution < -0.4 is 11.1 Å². The highest BCUT2D eigenvalue weighted by Crippen LogP contribution is 2.13. The molecule has 3 N–H and O–H groups in total. The maximum Gasteiger partial charge on any atom is 0.252 e. The van der Waals surface area contributed by atoms with Crippen molar-refractivity contribution in [1.29, 1.82) is 0 Å². The van der Waals surface area contributed by atoms with Crippen molar-refractivity contribution < 1.29 is 9.53 Å². The van der Waals surface area contributed by atoms with E-state index in [0.29, 0.717) is 12.2 Å². The molecule has 106 valence electrons. The van der Waals surface area contributed by atoms with Crippen LogP contribution in [0, 0.1) is 18.8 Å². The second-order valence-electron chi connectivity index (χ2n) is 4.94. The molecule has 2 rings (SSSR count). The number of carbonyl (C=O) groups excluding carboxylic acids is 1. The lowest BCUT2D eigenvalue weighted by molar-refractivity contribution is 0.0624. The number of amides is 1. The minimum Gasteiger partial charge on any atom is -0.379 e. The molecule has 1 fully saturated rings. The third kappa shape index (κ3) is 3.83. The first-order valence-corrected chi connectivity index (χ1v) is 6.89. The third-order valence-electron chi connectivity index (χ3n) is 3.24. The van der Waals surface area contributed by atoms with Crippen LogP contribution in [-0.2, 0) is 4.74 Å². The molecular formula is C16H20N2O2. The van der Waals surface area contributed by atoms with Crippen LogP contribution in [0.5, 0.6) is 0 Å². The number of rotatable bonds is 2. The summed E-state index contributed by atoms with van der Waals surface area (Å²) in [5.74, 6) is 5.66. The molecule has 1 unspecified atom stereocenters. The molecule has 1 saturated heterocycles. The third-order valence-corrected chi connectivity index (χ3v) is 3.24. The fourth-order valence-electron chi connectivity index (χ4n) is 2.22. The van der Waals surface area contributed by atoms with Crippen molar-refractivity contribution in [3.8, 4) is 11.8 Å². The summed E-state index contributed by atoms with van der Waals surface area (Å²) in [6.45, 7) is 3.61. The Morgan fingerprint density at radius 1 is 1.55 bits per heavy atom. The zero-order valence-corrected chi connectivity index (χ0v) is 11.7. The number of benzene rings is 1. The zero-order chi connectivity index (χ0) is 14.4. The minimum absolute atomic E-state index is 0.0899. The summed E-state index contributed by atoms with van der Waals surface area (Å²) in [5.41, 5.74) is 7.75. The Kier molecular flexibility index (Phi) is 5.16. The van der Waals surface area contributed by atoms with E-state index in [-0.39, 0.29) is 18.5 Å². The van der Waals surface area contributed by atoms with Gasteiger partial charge in [0.05, 0.1) is 24.8 Å². The monoisotopic (exact) mass is 272 g/mol. The predicted octanol–water partition coefficient (Wildman–Crippen LogP) is 1.21. The summed E-state index contributed by atoms with van der Waals surface area (Å²) in [4.78, 5) is 12.4. The summed E-state index contributed by atoms with van der Waals surface area (Å²) >= 11 is 0. The van der Waals surface area contributed by atoms with Crippen LogP contribution in [0.4, 0.5) is 0 Å². The lowest BCUT2D eigenvalue weighted by Crippen LogP contribution is -2.40. The van der Waals surface area contributed by atoms with Crippen LogP contribution in [0.1, 0.15) is 34.3 Å². The number of hydrogen-bond donors (Lipinski definition) is 2. The maximum absolute atomic E-state index is 12.4. The highest BCUT2D eigenvalue weighted by atomic mass is 16.5. The Labute approximate surface area is 119 Å². The molecule has 0 aliphatic carbocycles. The SMILES string of the molecule is Cc1ccc(C#CCN)c(C(=O)NC2CCCOC2)c1. The lowest BCUT2D eigenvalue weighted by atomic mass is 10.0. The van der Waals surface area contributed by atoms with E-state index in [4.69, 9.17) is 10.5 Å². The Bertz CT molecular complexity index is 537. The van der Waals surface area contributed by atoms with Crippen molar-refractivity contribution in [1.82, 2.24) is 5.32 Å². The van der Waals surface area contributed by atoms with Gasteiger partial charge in [-0.3, -0.25) is 4.79 Å². The molecule has 1 amide bonds. The van der Waals surface area contributed by atoms with E-state index >= 15 is 0 Å². The van der Waals surface area contributed by atoms with E-state index in [9.17, 15) is 4.79 Å². The number of ether oxygens (including phenoxy) is 1. The number of nitrogens with two attached hydrogens (primary N) is 1. The van der Waals surface area contributed by atoms with Crippen molar-refractivity contribution in [2.75, 3.05) is 19.8 Å². The Hall–Kier alpha value is -1.83. The fourth-order valence-corrected chi connectivity index (χ4v) is 2.22. The average Bonchev–Trinajstić information content (AvgIpc) is 2.47. The number of hydrogen-bond acceptors (Lipinski definition) is 3. The van der Waals surface area contributed by atoms with Crippen LogP contribution in [0.25, 0.3) is 0 Å². The van der Waals surface area contributed by atoms with Crippen molar-refractivity contribution in [3.05, 3.63) is 34.9 Å². The molecule has 0 radical (unpaired) electrons. The maximum atomic E-state index is 12.4. The molecule has 0 bridgehead atoms. The highest BCUT2D eigenvalue weighted by Gasteiger charge is 2.18. The summed E-state index contributed by atoms with van der Waals surface area (Å²) in [7, 11) is 0. The van der Waals surface area contributed by atoms with Gasteiger partial charge < -0.3 is 15.8 Å². The average molecular weight is 272 g/mol. The van der Waals surface area contributed by atoms with Gasteiger partial charge >= 0.3 is 0 Å². The second kappa shape index (κ2) is 7.09. The molecule has 0 saturated carbocycles. The molecule has 1 atom stereocenters. The van der Waals surface area contributed by atoms with Gasteiger partial charge in [0, 0.05) is 12.2 Å². The number of carbonyl (C=O) groups is 1. The van der Waals surface area contributed by atoms with Gasteiger partial charge in [0.2, 0.25) is 0 Å². The first-order chi connectivity index (χ1) is 9.70. The highest BCUT2D eigenvalue weighted by molar-refractivity contribution is 5.97. The molecular weight excluding hydrogens is 252 g/mol. The molecule has 0 spiro atoms. The van der Waals surface area contributed by atoms with Crippen LogP contribution in [0.3, 0.4) is 0 Å². The first-order valence-electron chi connectivity index (χ1n) is 6.89. The van der Waals surface area contributed by atoms with Crippen molar-refractivity contribution in [2.24, 2.45) is 5.73 Å². The Morgan fingerprint density at radius 3 is 3.10 bits per heavy atom. The Balaban J connectivity index is 2.16. The fraction of sp³-hybridized carbons (Fsp3) is 0.438. The Morgan fingerprint density at radius 2 is 2.40 bits per heavy atom. The van der Waals surface area contributed by atoms with Gasteiger partial charge in [0.15, 0.2) is 0 Å². The zero-order valence-electron chi connectivity index (χ0n) is 11.7. The van der Waals surface area contributed by atoms with E-state index in [0.717, 1.165) is 30.6 Å². The summed E-state index contributed by atoms with van der Waals surface area (Å²) in [5, 5.41) is 3.02. The number of nitrogens with one attached hydrogen (secondary N) is 1. The van der Waals surface area contributed by atoms with Gasteiger partial charge in [-0.2, -0.15) is 0 Å². The molecule has 1 aliphatic rings. The van der Waals surface area contributed by atoms with Gasteiger partial charge in [-0.15, -0.1) is 0 Å². The number of aryl methyl sites for hydroxylation is 1. The van der Waals surface area contributed by atoms with Crippen molar-refractivity contribution in [3.63, 3.8) is 0 Å². The van der Waals surface area contributed by atoms with Crippen LogP contribution in [0.2, 0.25) is 0 Å². The molecule has 4 nitrogen and oxygen atoms in total. The largest absolute Gasteiger partial charge is 0.379 e. The van der Waals surface area contributed by atoms with Crippen LogP contribution >= 0.6 is 0 Å². The summed E-state index contributed by atoms with van der Waals surface area (Å²) in [6.07, 6.45) is 1.94. The summed E-state index contributed by atoms with van der Waals surface area (Å²) < 4.78 is 5.38. The van der Waals surface area contributed by atoms with Crippen LogP contribution in [-0.4, -0.2) is 31.7 Å². The predicted molar refractivity (Wildman–Crippen MR) is 78.4 cm³/mol. The molecule has 1 aromatic rings. The van der Waals surface area contributed by atoms with Crippen molar-refractivity contribution >= 4 is 5.91 Å². The molecule has 1 aromatic carbocycles. The minimum atomic E-state index is -0.0921. The van der Waals surface area contributed by atoms with E-state index < -0.39 is 0 Å². The summed E-state index contributed by atoms with van der Waals surface area (Å²) in [6, 6.07) is 5.76. The second-order valence-corrected chi connectivity index (χ2v) is 4.94. The van der Waals surface area contributed by atoms with E-state index in [1.54, 1.807) is 0 Å². The smallest absolute Gasteiger partial charge is 0.252 e. The van der Waals surface area contributed by atoms with Gasteiger partial charge in [-0.25, -0.2) is 0 Å². The van der Waals surface area contributed by atoms with Crippen LogP contribution in [0.15, 0.2) is 18.2 Å². The first kappa shape index (κ1) is 14.6. The molecule has 4 heteroatoms. The molecule has 0 aromatic heterocycles. The normalized spacial score (nSPS) is 18.0. The van der Waals surface area contributed by atoms with E-state index in [1.807, 2.05) is 25.1 Å². The standard InChI is InChI=1S/C16H20N2O2/c1-12-6-7-13(4-2-8-17)15(10-12)16(19)18-14-5-3-9-20-11-14/h6-7,10,14H,3,5,8-9,11,17H2,1H3,(H,18,19). The van der Waals surface area contributed by atoms with Gasteiger partial charge in [-0.1, -0.05) is 23.5 Å². The van der Waals surface area contributed by atoms with E-state index in [2.05, 4.69) is 17.2 Å². The van der Waals surface area contributed by atoms with Gasteiger partial charge in [0.25, 0.3) is 5.91 Å². The quantitative estimate of drug-likeness (QED) is 0.796. The van der Waals surface area contributed by atoms with Gasteiger partial charge in [-0.05, 0) is 31.9 Å². The molecule has 1 heterocycles. The van der Waals surface area contributed by atoms with Gasteiger partial charge in [0.1, 0.15) is 0 Å². The lowest BCUT2D eigenvalue weighted by Gasteiger charge is -2.23. The van der Waals surface area contributed by atoms with Crippen molar-refractivity contribution in [2.45, 2.75) is 25.8 Å². The molecule has 20 heavy (non-hydrogen) atoms.